The number of aryl methyl sites for hydroxylation is 1. The Bertz CT molecular complexity index is 514. The first kappa shape index (κ1) is 11.9. The van der Waals surface area contributed by atoms with E-state index in [0.29, 0.717) is 5.95 Å². The van der Waals surface area contributed by atoms with Crippen molar-refractivity contribution in [2.45, 2.75) is 19.9 Å². The molecule has 1 aromatic heterocycles. The Balaban J connectivity index is 2.17. The summed E-state index contributed by atoms with van der Waals surface area (Å²) >= 11 is 6.14. The lowest BCUT2D eigenvalue weighted by atomic mass is 10.1. The third-order valence-corrected chi connectivity index (χ3v) is 2.86. The van der Waals surface area contributed by atoms with Crippen molar-refractivity contribution in [3.05, 3.63) is 52.8 Å². The first-order valence-corrected chi connectivity index (χ1v) is 5.85. The lowest BCUT2D eigenvalue weighted by Gasteiger charge is -2.15. The van der Waals surface area contributed by atoms with Crippen LogP contribution in [0.5, 0.6) is 0 Å². The van der Waals surface area contributed by atoms with E-state index in [4.69, 9.17) is 11.6 Å². The molecule has 0 fully saturated rings. The van der Waals surface area contributed by atoms with Crippen molar-refractivity contribution in [2.75, 3.05) is 5.32 Å². The van der Waals surface area contributed by atoms with Gasteiger partial charge in [-0.15, -0.1) is 0 Å². The number of rotatable bonds is 3. The van der Waals surface area contributed by atoms with Gasteiger partial charge >= 0.3 is 0 Å². The summed E-state index contributed by atoms with van der Waals surface area (Å²) in [6.45, 7) is 3.97. The minimum absolute atomic E-state index is 0.0745. The van der Waals surface area contributed by atoms with E-state index >= 15 is 0 Å². The summed E-state index contributed by atoms with van der Waals surface area (Å²) in [7, 11) is 0. The average Bonchev–Trinajstić information content (AvgIpc) is 2.29. The van der Waals surface area contributed by atoms with Crippen molar-refractivity contribution in [1.82, 2.24) is 9.97 Å². The fourth-order valence-corrected chi connectivity index (χ4v) is 1.92. The van der Waals surface area contributed by atoms with Gasteiger partial charge in [-0.2, -0.15) is 0 Å². The van der Waals surface area contributed by atoms with Crippen LogP contribution >= 0.6 is 11.6 Å². The van der Waals surface area contributed by atoms with E-state index in [2.05, 4.69) is 15.3 Å². The molecule has 0 aliphatic heterocycles. The summed E-state index contributed by atoms with van der Waals surface area (Å²) in [5, 5.41) is 3.98. The van der Waals surface area contributed by atoms with E-state index in [1.165, 1.54) is 0 Å². The molecule has 1 heterocycles. The van der Waals surface area contributed by atoms with Gasteiger partial charge < -0.3 is 5.32 Å². The normalized spacial score (nSPS) is 12.2. The molecule has 17 heavy (non-hydrogen) atoms. The maximum atomic E-state index is 6.14. The molecule has 0 aliphatic carbocycles. The molecule has 1 atom stereocenters. The monoisotopic (exact) mass is 247 g/mol. The molecular formula is C13H14ClN3. The Morgan fingerprint density at radius 3 is 2.71 bits per heavy atom. The number of aromatic nitrogens is 2. The van der Waals surface area contributed by atoms with E-state index in [1.54, 1.807) is 6.20 Å². The molecule has 0 saturated heterocycles. The average molecular weight is 248 g/mol. The van der Waals surface area contributed by atoms with Gasteiger partial charge in [0, 0.05) is 16.9 Å². The lowest BCUT2D eigenvalue weighted by Crippen LogP contribution is -2.10. The van der Waals surface area contributed by atoms with Crippen molar-refractivity contribution in [1.29, 1.82) is 0 Å². The van der Waals surface area contributed by atoms with Crippen LogP contribution in [-0.4, -0.2) is 9.97 Å². The molecule has 1 unspecified atom stereocenters. The molecule has 4 heteroatoms. The zero-order chi connectivity index (χ0) is 12.3. The third-order valence-electron chi connectivity index (χ3n) is 2.51. The number of benzene rings is 1. The van der Waals surface area contributed by atoms with Crippen molar-refractivity contribution in [2.24, 2.45) is 0 Å². The fraction of sp³-hybridized carbons (Fsp3) is 0.231. The summed E-state index contributed by atoms with van der Waals surface area (Å²) in [6, 6.07) is 9.71. The van der Waals surface area contributed by atoms with Crippen LogP contribution in [0.4, 0.5) is 5.95 Å². The van der Waals surface area contributed by atoms with E-state index < -0.39 is 0 Å². The first-order chi connectivity index (χ1) is 8.16. The Hall–Kier alpha value is -1.61. The fourth-order valence-electron chi connectivity index (χ4n) is 1.62. The van der Waals surface area contributed by atoms with Crippen molar-refractivity contribution in [3.63, 3.8) is 0 Å². The van der Waals surface area contributed by atoms with Crippen molar-refractivity contribution < 1.29 is 0 Å². The van der Waals surface area contributed by atoms with Crippen LogP contribution < -0.4 is 5.32 Å². The highest BCUT2D eigenvalue weighted by Crippen LogP contribution is 2.24. The van der Waals surface area contributed by atoms with Gasteiger partial charge in [-0.1, -0.05) is 29.8 Å². The zero-order valence-corrected chi connectivity index (χ0v) is 10.6. The SMILES string of the molecule is Cc1ccnc(NC(C)c2ccccc2Cl)n1. The molecule has 0 amide bonds. The molecule has 0 spiro atoms. The lowest BCUT2D eigenvalue weighted by molar-refractivity contribution is 0.857. The van der Waals surface area contributed by atoms with Crippen LogP contribution in [0.3, 0.4) is 0 Å². The van der Waals surface area contributed by atoms with Crippen molar-refractivity contribution >= 4 is 17.5 Å². The van der Waals surface area contributed by atoms with Crippen LogP contribution in [-0.2, 0) is 0 Å². The molecule has 0 radical (unpaired) electrons. The largest absolute Gasteiger partial charge is 0.348 e. The predicted octanol–water partition coefficient (Wildman–Crippen LogP) is 3.61. The van der Waals surface area contributed by atoms with Gasteiger partial charge in [0.05, 0.1) is 6.04 Å². The highest BCUT2D eigenvalue weighted by atomic mass is 35.5. The number of nitrogens with zero attached hydrogens (tertiary/aromatic N) is 2. The predicted molar refractivity (Wildman–Crippen MR) is 70.3 cm³/mol. The van der Waals surface area contributed by atoms with Crippen LogP contribution in [0.1, 0.15) is 24.2 Å². The van der Waals surface area contributed by atoms with Gasteiger partial charge in [-0.05, 0) is 31.5 Å². The van der Waals surface area contributed by atoms with Gasteiger partial charge in [-0.3, -0.25) is 0 Å². The highest BCUT2D eigenvalue weighted by molar-refractivity contribution is 6.31. The number of hydrogen-bond acceptors (Lipinski definition) is 3. The summed E-state index contributed by atoms with van der Waals surface area (Å²) in [4.78, 5) is 8.47. The smallest absolute Gasteiger partial charge is 0.223 e. The van der Waals surface area contributed by atoms with Gasteiger partial charge in [0.1, 0.15) is 0 Å². The summed E-state index contributed by atoms with van der Waals surface area (Å²) in [6.07, 6.45) is 1.74. The number of anilines is 1. The molecule has 3 nitrogen and oxygen atoms in total. The minimum Gasteiger partial charge on any atom is -0.348 e. The van der Waals surface area contributed by atoms with Gasteiger partial charge in [0.15, 0.2) is 0 Å². The second-order valence-electron chi connectivity index (χ2n) is 3.91. The maximum absolute atomic E-state index is 6.14. The van der Waals surface area contributed by atoms with Crippen LogP contribution in [0.25, 0.3) is 0 Å². The summed E-state index contributed by atoms with van der Waals surface area (Å²) < 4.78 is 0. The maximum Gasteiger partial charge on any atom is 0.223 e. The number of hydrogen-bond donors (Lipinski definition) is 1. The number of nitrogens with one attached hydrogen (secondary N) is 1. The van der Waals surface area contributed by atoms with Crippen molar-refractivity contribution in [3.8, 4) is 0 Å². The Morgan fingerprint density at radius 2 is 2.00 bits per heavy atom. The zero-order valence-electron chi connectivity index (χ0n) is 9.81. The van der Waals surface area contributed by atoms with E-state index in [1.807, 2.05) is 44.2 Å². The van der Waals surface area contributed by atoms with Gasteiger partial charge in [0.2, 0.25) is 5.95 Å². The quantitative estimate of drug-likeness (QED) is 0.900. The standard InChI is InChI=1S/C13H14ClN3/c1-9-7-8-15-13(16-9)17-10(2)11-5-3-4-6-12(11)14/h3-8,10H,1-2H3,(H,15,16,17). The van der Waals surface area contributed by atoms with Crippen LogP contribution in [0.15, 0.2) is 36.5 Å². The Kier molecular flexibility index (Phi) is 3.59. The first-order valence-electron chi connectivity index (χ1n) is 5.47. The van der Waals surface area contributed by atoms with Crippen LogP contribution in [0.2, 0.25) is 5.02 Å². The van der Waals surface area contributed by atoms with E-state index in [-0.39, 0.29) is 6.04 Å². The highest BCUT2D eigenvalue weighted by Gasteiger charge is 2.09. The molecule has 88 valence electrons. The summed E-state index contributed by atoms with van der Waals surface area (Å²) in [5.74, 6) is 0.623. The minimum atomic E-state index is 0.0745. The Morgan fingerprint density at radius 1 is 1.24 bits per heavy atom. The molecule has 1 N–H and O–H groups in total. The Labute approximate surface area is 106 Å². The topological polar surface area (TPSA) is 37.8 Å². The molecule has 0 bridgehead atoms. The second-order valence-corrected chi connectivity index (χ2v) is 4.32. The van der Waals surface area contributed by atoms with Gasteiger partial charge in [-0.25, -0.2) is 9.97 Å². The van der Waals surface area contributed by atoms with E-state index in [9.17, 15) is 0 Å². The molecule has 0 saturated carbocycles. The summed E-state index contributed by atoms with van der Waals surface area (Å²) in [5.41, 5.74) is 1.98. The molecule has 2 aromatic rings. The van der Waals surface area contributed by atoms with E-state index in [0.717, 1.165) is 16.3 Å². The number of halogens is 1. The molecule has 1 aromatic carbocycles. The third kappa shape index (κ3) is 2.94. The van der Waals surface area contributed by atoms with Crippen LogP contribution in [0, 0.1) is 6.92 Å². The second kappa shape index (κ2) is 5.15. The molecule has 2 rings (SSSR count). The van der Waals surface area contributed by atoms with Gasteiger partial charge in [0.25, 0.3) is 0 Å². The molecule has 0 aliphatic rings. The molecular weight excluding hydrogens is 234 g/mol.